The minimum Gasteiger partial charge on any atom is -0.391 e. The van der Waals surface area contributed by atoms with Crippen molar-refractivity contribution in [1.82, 2.24) is 0 Å². The van der Waals surface area contributed by atoms with Crippen molar-refractivity contribution in [2.24, 2.45) is 10.3 Å². The molecule has 0 saturated carbocycles. The third kappa shape index (κ3) is 6.38. The smallest absolute Gasteiger partial charge is 0.142 e. The first kappa shape index (κ1) is 14.8. The minimum absolute atomic E-state index is 0.471. The first-order valence-electron chi connectivity index (χ1n) is 6.80. The van der Waals surface area contributed by atoms with Crippen LogP contribution < -0.4 is 0 Å². The van der Waals surface area contributed by atoms with Crippen LogP contribution in [0.5, 0.6) is 0 Å². The average molecular weight is 282 g/mol. The van der Waals surface area contributed by atoms with Gasteiger partial charge in [0.1, 0.15) is 13.2 Å². The van der Waals surface area contributed by atoms with Gasteiger partial charge in [-0.1, -0.05) is 71.0 Å². The second-order valence-electron chi connectivity index (χ2n) is 4.33. The first-order valence-corrected chi connectivity index (χ1v) is 6.80. The Kier molecular flexibility index (Phi) is 6.55. The highest BCUT2D eigenvalue weighted by Gasteiger charge is 1.89. The third-order valence-corrected chi connectivity index (χ3v) is 2.66. The van der Waals surface area contributed by atoms with E-state index in [1.54, 1.807) is 12.4 Å². The van der Waals surface area contributed by atoms with E-state index in [0.717, 1.165) is 11.1 Å². The Hall–Kier alpha value is -2.62. The van der Waals surface area contributed by atoms with Crippen molar-refractivity contribution < 1.29 is 9.68 Å². The molecule has 4 nitrogen and oxygen atoms in total. The van der Waals surface area contributed by atoms with E-state index in [9.17, 15) is 0 Å². The van der Waals surface area contributed by atoms with Gasteiger partial charge in [-0.15, -0.1) is 0 Å². The van der Waals surface area contributed by atoms with Gasteiger partial charge >= 0.3 is 0 Å². The molecule has 0 N–H and O–H groups in total. The SMILES string of the molecule is C(CC=NOCc1ccccc1)=NOCc1ccccc1. The van der Waals surface area contributed by atoms with E-state index in [0.29, 0.717) is 19.6 Å². The van der Waals surface area contributed by atoms with Crippen molar-refractivity contribution in [2.45, 2.75) is 19.6 Å². The molecule has 2 aromatic rings. The molecule has 0 heterocycles. The summed E-state index contributed by atoms with van der Waals surface area (Å²) in [6, 6.07) is 19.8. The van der Waals surface area contributed by atoms with E-state index in [1.165, 1.54) is 0 Å². The van der Waals surface area contributed by atoms with Crippen LogP contribution in [0.1, 0.15) is 17.5 Å². The maximum Gasteiger partial charge on any atom is 0.142 e. The van der Waals surface area contributed by atoms with Gasteiger partial charge in [-0.3, -0.25) is 0 Å². The molecule has 108 valence electrons. The average Bonchev–Trinajstić information content (AvgIpc) is 2.55. The molecule has 4 heteroatoms. The Labute approximate surface area is 124 Å². The summed E-state index contributed by atoms with van der Waals surface area (Å²) in [5, 5.41) is 7.70. The topological polar surface area (TPSA) is 43.2 Å². The Morgan fingerprint density at radius 3 is 1.52 bits per heavy atom. The van der Waals surface area contributed by atoms with Crippen LogP contribution in [0.3, 0.4) is 0 Å². The van der Waals surface area contributed by atoms with Gasteiger partial charge in [0.2, 0.25) is 0 Å². The summed E-state index contributed by atoms with van der Waals surface area (Å²) in [7, 11) is 0. The van der Waals surface area contributed by atoms with Crippen LogP contribution in [0, 0.1) is 0 Å². The largest absolute Gasteiger partial charge is 0.391 e. The van der Waals surface area contributed by atoms with Gasteiger partial charge in [0.25, 0.3) is 0 Å². The summed E-state index contributed by atoms with van der Waals surface area (Å²) in [6.07, 6.45) is 3.88. The number of hydrogen-bond acceptors (Lipinski definition) is 4. The fraction of sp³-hybridized carbons (Fsp3) is 0.176. The van der Waals surface area contributed by atoms with E-state index in [-0.39, 0.29) is 0 Å². The molecular weight excluding hydrogens is 264 g/mol. The molecule has 0 spiro atoms. The molecule has 2 rings (SSSR count). The van der Waals surface area contributed by atoms with Gasteiger partial charge in [-0.2, -0.15) is 0 Å². The Balaban J connectivity index is 1.54. The van der Waals surface area contributed by atoms with E-state index in [2.05, 4.69) is 10.3 Å². The minimum atomic E-state index is 0.471. The second kappa shape index (κ2) is 9.31. The third-order valence-electron chi connectivity index (χ3n) is 2.66. The van der Waals surface area contributed by atoms with Crippen molar-refractivity contribution in [3.05, 3.63) is 71.8 Å². The van der Waals surface area contributed by atoms with Crippen LogP contribution in [-0.2, 0) is 22.9 Å². The maximum absolute atomic E-state index is 5.16. The summed E-state index contributed by atoms with van der Waals surface area (Å²) in [5.41, 5.74) is 2.18. The Morgan fingerprint density at radius 1 is 0.667 bits per heavy atom. The van der Waals surface area contributed by atoms with Crippen molar-refractivity contribution in [1.29, 1.82) is 0 Å². The molecule has 0 bridgehead atoms. The van der Waals surface area contributed by atoms with E-state index < -0.39 is 0 Å². The highest BCUT2D eigenvalue weighted by atomic mass is 16.6. The number of benzene rings is 2. The van der Waals surface area contributed by atoms with Gasteiger partial charge in [0, 0.05) is 18.9 Å². The van der Waals surface area contributed by atoms with E-state index >= 15 is 0 Å². The van der Waals surface area contributed by atoms with Gasteiger partial charge in [-0.05, 0) is 11.1 Å². The zero-order valence-electron chi connectivity index (χ0n) is 11.8. The lowest BCUT2D eigenvalue weighted by Gasteiger charge is -1.98. The molecule has 2 aromatic carbocycles. The zero-order valence-corrected chi connectivity index (χ0v) is 11.8. The summed E-state index contributed by atoms with van der Waals surface area (Å²) < 4.78 is 0. The predicted molar refractivity (Wildman–Crippen MR) is 84.1 cm³/mol. The molecule has 0 fully saturated rings. The fourth-order valence-electron chi connectivity index (χ4n) is 1.61. The summed E-state index contributed by atoms with van der Waals surface area (Å²) in [5.74, 6) is 0. The predicted octanol–water partition coefficient (Wildman–Crippen LogP) is 3.78. The number of rotatable bonds is 8. The van der Waals surface area contributed by atoms with Crippen LogP contribution in [0.25, 0.3) is 0 Å². The highest BCUT2D eigenvalue weighted by Crippen LogP contribution is 2.01. The van der Waals surface area contributed by atoms with E-state index in [4.69, 9.17) is 9.68 Å². The van der Waals surface area contributed by atoms with Gasteiger partial charge in [0.05, 0.1) is 0 Å². The second-order valence-corrected chi connectivity index (χ2v) is 4.33. The highest BCUT2D eigenvalue weighted by molar-refractivity contribution is 5.78. The molecule has 0 atom stereocenters. The van der Waals surface area contributed by atoms with Gasteiger partial charge < -0.3 is 9.68 Å². The number of hydrogen-bond donors (Lipinski definition) is 0. The lowest BCUT2D eigenvalue weighted by molar-refractivity contribution is 0.130. The summed E-state index contributed by atoms with van der Waals surface area (Å²) >= 11 is 0. The molecule has 0 aromatic heterocycles. The Bertz CT molecular complexity index is 502. The Morgan fingerprint density at radius 2 is 1.10 bits per heavy atom. The molecule has 0 amide bonds. The van der Waals surface area contributed by atoms with Crippen LogP contribution in [0.4, 0.5) is 0 Å². The summed E-state index contributed by atoms with van der Waals surface area (Å²) in [6.45, 7) is 0.942. The molecule has 0 radical (unpaired) electrons. The van der Waals surface area contributed by atoms with Crippen LogP contribution in [-0.4, -0.2) is 12.4 Å². The monoisotopic (exact) mass is 282 g/mol. The van der Waals surface area contributed by atoms with Crippen LogP contribution in [0.2, 0.25) is 0 Å². The van der Waals surface area contributed by atoms with Crippen molar-refractivity contribution >= 4 is 12.4 Å². The number of nitrogens with zero attached hydrogens (tertiary/aromatic N) is 2. The standard InChI is InChI=1S/C17H18N2O2/c1-3-8-16(9-4-1)14-20-18-12-7-13-19-21-15-17-10-5-2-6-11-17/h1-6,8-13H,7,14-15H2. The quantitative estimate of drug-likeness (QED) is 0.546. The molecular formula is C17H18N2O2. The van der Waals surface area contributed by atoms with Crippen molar-refractivity contribution in [3.8, 4) is 0 Å². The fourth-order valence-corrected chi connectivity index (χ4v) is 1.61. The number of oxime groups is 2. The molecule has 0 aliphatic heterocycles. The lowest BCUT2D eigenvalue weighted by Crippen LogP contribution is -1.88. The van der Waals surface area contributed by atoms with Crippen molar-refractivity contribution in [3.63, 3.8) is 0 Å². The molecule has 21 heavy (non-hydrogen) atoms. The normalized spacial score (nSPS) is 11.0. The van der Waals surface area contributed by atoms with Crippen molar-refractivity contribution in [2.75, 3.05) is 0 Å². The van der Waals surface area contributed by atoms with E-state index in [1.807, 2.05) is 60.7 Å². The van der Waals surface area contributed by atoms with Crippen LogP contribution in [0.15, 0.2) is 71.0 Å². The molecule has 0 aliphatic rings. The zero-order chi connectivity index (χ0) is 14.6. The molecule has 0 saturated heterocycles. The van der Waals surface area contributed by atoms with Crippen LogP contribution >= 0.6 is 0 Å². The van der Waals surface area contributed by atoms with Gasteiger partial charge in [0.15, 0.2) is 0 Å². The first-order chi connectivity index (χ1) is 10.4. The molecule has 0 aliphatic carbocycles. The van der Waals surface area contributed by atoms with Gasteiger partial charge in [-0.25, -0.2) is 0 Å². The lowest BCUT2D eigenvalue weighted by atomic mass is 10.2. The summed E-state index contributed by atoms with van der Waals surface area (Å²) in [4.78, 5) is 10.3. The maximum atomic E-state index is 5.16. The molecule has 0 unspecified atom stereocenters.